The van der Waals surface area contributed by atoms with Gasteiger partial charge in [0, 0.05) is 0 Å². The largest absolute Gasteiger partial charge is 0.508 e. The van der Waals surface area contributed by atoms with E-state index < -0.39 is 5.82 Å². The summed E-state index contributed by atoms with van der Waals surface area (Å²) in [6.07, 6.45) is 1.06. The maximum absolute atomic E-state index is 12.6. The minimum Gasteiger partial charge on any atom is -0.508 e. The van der Waals surface area contributed by atoms with Gasteiger partial charge in [0.15, 0.2) is 6.54 Å². The summed E-state index contributed by atoms with van der Waals surface area (Å²) in [5, 5.41) is 1.90. The number of nitrogens with one attached hydrogen (secondary N) is 1. The molecule has 0 atom stereocenters. The second kappa shape index (κ2) is 3.75. The zero-order valence-electron chi connectivity index (χ0n) is 6.54. The first-order valence-electron chi connectivity index (χ1n) is 3.33. The molecule has 1 aromatic heterocycles. The van der Waals surface area contributed by atoms with Crippen LogP contribution in [-0.2, 0) is 6.54 Å². The molecule has 12 heavy (non-hydrogen) atoms. The molecule has 0 aromatic carbocycles. The molecule has 0 spiro atoms. The highest BCUT2D eigenvalue weighted by Crippen LogP contribution is 2.13. The first kappa shape index (κ1) is 8.58. The fourth-order valence-corrected chi connectivity index (χ4v) is 0.864. The summed E-state index contributed by atoms with van der Waals surface area (Å²) in [4.78, 5) is 3.67. The molecule has 0 amide bonds. The van der Waals surface area contributed by atoms with E-state index in [1.165, 1.54) is 13.2 Å². The molecule has 0 aliphatic carbocycles. The average Bonchev–Trinajstić information content (AvgIpc) is 2.05. The number of halogens is 1. The minimum absolute atomic E-state index is 0.105. The predicted octanol–water partition coefficient (Wildman–Crippen LogP) is -0.169. The zero-order chi connectivity index (χ0) is 8.97. The van der Waals surface area contributed by atoms with Crippen molar-refractivity contribution in [3.8, 4) is 5.88 Å². The molecule has 0 saturated heterocycles. The molecule has 0 aliphatic heterocycles. The second-order valence-electron chi connectivity index (χ2n) is 2.16. The number of hydrogen-bond acceptors (Lipinski definition) is 2. The quantitative estimate of drug-likeness (QED) is 0.639. The lowest BCUT2D eigenvalue weighted by Crippen LogP contribution is -2.60. The van der Waals surface area contributed by atoms with Gasteiger partial charge >= 0.3 is 0 Å². The number of ether oxygens (including phenoxy) is 1. The van der Waals surface area contributed by atoms with Crippen molar-refractivity contribution in [3.63, 3.8) is 0 Å². The van der Waals surface area contributed by atoms with Gasteiger partial charge in [0.1, 0.15) is 5.82 Å². The topological polar surface area (TPSA) is 58.4 Å². The van der Waals surface area contributed by atoms with Gasteiger partial charge in [-0.25, -0.2) is 9.37 Å². The molecule has 0 fully saturated rings. The Kier molecular flexibility index (Phi) is 2.68. The molecule has 64 valence electrons. The molecule has 1 aromatic rings. The van der Waals surface area contributed by atoms with Gasteiger partial charge in [0.25, 0.3) is 0 Å². The van der Waals surface area contributed by atoms with Gasteiger partial charge in [-0.15, -0.1) is 0 Å². The van der Waals surface area contributed by atoms with E-state index in [9.17, 15) is 4.39 Å². The van der Waals surface area contributed by atoms with Crippen LogP contribution in [0.1, 0.15) is 5.56 Å². The molecule has 0 aliphatic rings. The predicted molar refractivity (Wildman–Crippen MR) is 38.8 cm³/mol. The van der Waals surface area contributed by atoms with E-state index in [0.29, 0.717) is 11.4 Å². The lowest BCUT2D eigenvalue weighted by atomic mass is 10.3. The highest BCUT2D eigenvalue weighted by molar-refractivity contribution is 5.24. The van der Waals surface area contributed by atoms with Crippen LogP contribution in [0.15, 0.2) is 12.3 Å². The van der Waals surface area contributed by atoms with Crippen LogP contribution in [0, 0.1) is 5.82 Å². The van der Waals surface area contributed by atoms with E-state index in [2.05, 4.69) is 4.98 Å². The fourth-order valence-electron chi connectivity index (χ4n) is 0.864. The molecule has 0 bridgehead atoms. The fraction of sp³-hybridized carbons (Fsp3) is 0.286. The van der Waals surface area contributed by atoms with Crippen molar-refractivity contribution in [2.45, 2.75) is 6.54 Å². The molecule has 1 rings (SSSR count). The Labute approximate surface area is 68.9 Å². The van der Waals surface area contributed by atoms with Crippen molar-refractivity contribution in [2.24, 2.45) is 0 Å². The number of pyridine rings is 1. The first-order valence-corrected chi connectivity index (χ1v) is 3.33. The third-order valence-electron chi connectivity index (χ3n) is 1.35. The van der Waals surface area contributed by atoms with Gasteiger partial charge in [-0.1, -0.05) is 0 Å². The lowest BCUT2D eigenvalue weighted by Gasteiger charge is -2.02. The Morgan fingerprint density at radius 2 is 2.50 bits per heavy atom. The van der Waals surface area contributed by atoms with E-state index in [1.54, 1.807) is 0 Å². The molecule has 1 heterocycles. The van der Waals surface area contributed by atoms with E-state index in [4.69, 9.17) is 10.3 Å². The third kappa shape index (κ3) is 1.75. The zero-order valence-corrected chi connectivity index (χ0v) is 6.54. The van der Waals surface area contributed by atoms with Crippen molar-refractivity contribution in [3.05, 3.63) is 29.2 Å². The summed E-state index contributed by atoms with van der Waals surface area (Å²) in [6.45, 7) is 0.105. The maximum Gasteiger partial charge on any atom is 0.222 e. The average molecular weight is 169 g/mol. The van der Waals surface area contributed by atoms with Crippen LogP contribution in [0.2, 0.25) is 0 Å². The molecule has 4 nitrogen and oxygen atoms in total. The Balaban J connectivity index is 3.03. The van der Waals surface area contributed by atoms with Crippen LogP contribution in [0.3, 0.4) is 0 Å². The van der Waals surface area contributed by atoms with Crippen molar-refractivity contribution in [1.82, 2.24) is 4.98 Å². The Bertz CT molecular complexity index is 290. The number of methoxy groups -OCH3 is 1. The highest BCUT2D eigenvalue weighted by Gasteiger charge is 2.05. The van der Waals surface area contributed by atoms with E-state index >= 15 is 0 Å². The standard InChI is InChI=1S/C7H8FN3O/c1-12-7-5(3-11-9)2-6(8)4-10-7/h2,4,11H,3H2,1H3. The van der Waals surface area contributed by atoms with E-state index in [-0.39, 0.29) is 6.54 Å². The molecule has 0 saturated carbocycles. The van der Waals surface area contributed by atoms with Crippen LogP contribution >= 0.6 is 0 Å². The van der Waals surface area contributed by atoms with Gasteiger partial charge in [-0.05, 0) is 6.07 Å². The number of aromatic nitrogens is 1. The normalized spacial score (nSPS) is 9.50. The van der Waals surface area contributed by atoms with Crippen LogP contribution < -0.4 is 9.85 Å². The van der Waals surface area contributed by atoms with Gasteiger partial charge < -0.3 is 15.4 Å². The van der Waals surface area contributed by atoms with Crippen molar-refractivity contribution >= 4 is 0 Å². The monoisotopic (exact) mass is 169 g/mol. The van der Waals surface area contributed by atoms with Crippen LogP contribution in [-0.4, -0.2) is 12.1 Å². The lowest BCUT2D eigenvalue weighted by molar-refractivity contribution is -0.498. The van der Waals surface area contributed by atoms with E-state index in [1.807, 2.05) is 5.11 Å². The number of rotatable bonds is 3. The smallest absolute Gasteiger partial charge is 0.222 e. The van der Waals surface area contributed by atoms with Crippen molar-refractivity contribution in [1.29, 1.82) is 0 Å². The number of nitrogens with zero attached hydrogens (tertiary/aromatic N) is 2. The van der Waals surface area contributed by atoms with Gasteiger partial charge in [0.05, 0.1) is 18.9 Å². The first-order chi connectivity index (χ1) is 5.77. The maximum atomic E-state index is 12.6. The van der Waals surface area contributed by atoms with Gasteiger partial charge in [-0.3, -0.25) is 0 Å². The summed E-state index contributed by atoms with van der Waals surface area (Å²) in [7, 11) is 1.43. The van der Waals surface area contributed by atoms with Gasteiger partial charge in [-0.2, -0.15) is 0 Å². The summed E-state index contributed by atoms with van der Waals surface area (Å²) in [5.41, 5.74) is 8.85. The number of hydrogen-bond donors (Lipinski definition) is 1. The molecule has 0 unspecified atom stereocenters. The van der Waals surface area contributed by atoms with E-state index in [0.717, 1.165) is 6.20 Å². The highest BCUT2D eigenvalue weighted by atomic mass is 19.1. The van der Waals surface area contributed by atoms with Gasteiger partial charge in [0.2, 0.25) is 5.88 Å². The van der Waals surface area contributed by atoms with Crippen LogP contribution in [0.25, 0.3) is 5.53 Å². The Morgan fingerprint density at radius 1 is 1.75 bits per heavy atom. The molecule has 1 N–H and O–H groups in total. The Morgan fingerprint density at radius 3 is 3.08 bits per heavy atom. The Hall–Kier alpha value is -1.52. The van der Waals surface area contributed by atoms with Crippen LogP contribution in [0.4, 0.5) is 4.39 Å². The van der Waals surface area contributed by atoms with Crippen LogP contribution in [0.5, 0.6) is 5.88 Å². The third-order valence-corrected chi connectivity index (χ3v) is 1.35. The summed E-state index contributed by atoms with van der Waals surface area (Å²) < 4.78 is 17.4. The summed E-state index contributed by atoms with van der Waals surface area (Å²) in [5.74, 6) is -0.154. The molecule has 0 radical (unpaired) electrons. The minimum atomic E-state index is -0.457. The second-order valence-corrected chi connectivity index (χ2v) is 2.16. The molecular formula is C7H8FN3O. The van der Waals surface area contributed by atoms with Crippen molar-refractivity contribution < 1.29 is 14.2 Å². The molecule has 5 heteroatoms. The SMILES string of the molecule is COc1ncc(F)cc1C[NH+]=[N-]. The summed E-state index contributed by atoms with van der Waals surface area (Å²) in [6, 6.07) is 1.25. The molecular weight excluding hydrogens is 161 g/mol. The van der Waals surface area contributed by atoms with Crippen molar-refractivity contribution in [2.75, 3.05) is 7.11 Å². The summed E-state index contributed by atoms with van der Waals surface area (Å²) >= 11 is 0.